The number of hydrogen-bond acceptors (Lipinski definition) is 7. The van der Waals surface area contributed by atoms with Gasteiger partial charge in [-0.05, 0) is 18.8 Å². The summed E-state index contributed by atoms with van der Waals surface area (Å²) in [5, 5.41) is 6.71. The Bertz CT molecular complexity index is 709. The Hall–Kier alpha value is -2.06. The maximum absolute atomic E-state index is 12.4. The molecule has 0 radical (unpaired) electrons. The van der Waals surface area contributed by atoms with Gasteiger partial charge in [-0.25, -0.2) is 9.97 Å². The van der Waals surface area contributed by atoms with Crippen LogP contribution in [0.4, 0.5) is 5.82 Å². The molecule has 2 heterocycles. The lowest BCUT2D eigenvalue weighted by molar-refractivity contribution is 0.0963. The highest BCUT2D eigenvalue weighted by molar-refractivity contribution is 8.06. The van der Waals surface area contributed by atoms with Crippen LogP contribution < -0.4 is 21.3 Å². The summed E-state index contributed by atoms with van der Waals surface area (Å²) in [4.78, 5) is 24.3. The van der Waals surface area contributed by atoms with Gasteiger partial charge in [0.15, 0.2) is 0 Å². The van der Waals surface area contributed by atoms with Gasteiger partial charge < -0.3 is 21.3 Å². The fourth-order valence-electron chi connectivity index (χ4n) is 2.89. The van der Waals surface area contributed by atoms with Crippen molar-refractivity contribution in [3.8, 4) is 0 Å². The predicted octanol–water partition coefficient (Wildman–Crippen LogP) is 2.45. The molecule has 1 aliphatic heterocycles. The van der Waals surface area contributed by atoms with Crippen molar-refractivity contribution < 1.29 is 4.79 Å². The Labute approximate surface area is 165 Å². The lowest BCUT2D eigenvalue weighted by Gasteiger charge is -2.29. The summed E-state index contributed by atoms with van der Waals surface area (Å²) >= 11 is 1.37. The average molecular weight is 391 g/mol. The third kappa shape index (κ3) is 6.25. The fraction of sp³-hybridized carbons (Fsp3) is 0.526. The molecule has 1 amide bonds. The van der Waals surface area contributed by atoms with E-state index in [4.69, 9.17) is 5.73 Å². The fourth-order valence-corrected chi connectivity index (χ4v) is 3.63. The molecular weight excluding hydrogens is 360 g/mol. The van der Waals surface area contributed by atoms with E-state index in [0.717, 1.165) is 49.0 Å². The van der Waals surface area contributed by atoms with E-state index in [2.05, 4.69) is 45.9 Å². The second kappa shape index (κ2) is 9.23. The first-order valence-electron chi connectivity index (χ1n) is 9.13. The number of carbonyl (C=O) groups excluding carboxylic acids is 1. The highest BCUT2D eigenvalue weighted by atomic mass is 32.2. The summed E-state index contributed by atoms with van der Waals surface area (Å²) in [5.74, 6) is 0.459. The van der Waals surface area contributed by atoms with E-state index in [1.165, 1.54) is 18.0 Å². The first-order chi connectivity index (χ1) is 12.7. The summed E-state index contributed by atoms with van der Waals surface area (Å²) in [6.07, 6.45) is 3.96. The van der Waals surface area contributed by atoms with Crippen LogP contribution in [0.15, 0.2) is 34.6 Å². The first-order valence-corrected chi connectivity index (χ1v) is 9.94. The van der Waals surface area contributed by atoms with Gasteiger partial charge in [0.25, 0.3) is 5.91 Å². The molecule has 4 N–H and O–H groups in total. The number of allylic oxidation sites excluding steroid dienone is 2. The van der Waals surface area contributed by atoms with Crippen LogP contribution in [-0.2, 0) is 0 Å². The zero-order chi connectivity index (χ0) is 20.0. The predicted molar refractivity (Wildman–Crippen MR) is 112 cm³/mol. The van der Waals surface area contributed by atoms with E-state index < -0.39 is 0 Å². The van der Waals surface area contributed by atoms with Crippen molar-refractivity contribution in [1.29, 1.82) is 0 Å². The van der Waals surface area contributed by atoms with Crippen LogP contribution >= 0.6 is 11.8 Å². The van der Waals surface area contributed by atoms with Crippen LogP contribution in [0.5, 0.6) is 0 Å². The van der Waals surface area contributed by atoms with Crippen molar-refractivity contribution in [3.63, 3.8) is 0 Å². The molecule has 2 rings (SSSR count). The van der Waals surface area contributed by atoms with Gasteiger partial charge in [0.1, 0.15) is 11.5 Å². The highest BCUT2D eigenvalue weighted by Gasteiger charge is 2.25. The molecule has 8 heteroatoms. The monoisotopic (exact) mass is 390 g/mol. The van der Waals surface area contributed by atoms with Gasteiger partial charge in [0, 0.05) is 36.8 Å². The Balaban J connectivity index is 2.01. The van der Waals surface area contributed by atoms with Gasteiger partial charge in [-0.2, -0.15) is 0 Å². The minimum Gasteiger partial charge on any atom is -0.402 e. The van der Waals surface area contributed by atoms with Gasteiger partial charge in [-0.15, -0.1) is 0 Å². The largest absolute Gasteiger partial charge is 0.402 e. The zero-order valence-electron chi connectivity index (χ0n) is 16.6. The molecule has 0 saturated carbocycles. The Kier molecular flexibility index (Phi) is 7.26. The normalized spacial score (nSPS) is 17.7. The number of hydrogen-bond donors (Lipinski definition) is 3. The number of carbonyl (C=O) groups is 1. The van der Waals surface area contributed by atoms with Crippen molar-refractivity contribution in [3.05, 3.63) is 40.3 Å². The number of anilines is 1. The van der Waals surface area contributed by atoms with Crippen LogP contribution in [0, 0.1) is 5.41 Å². The lowest BCUT2D eigenvalue weighted by atomic mass is 9.93. The molecule has 1 aliphatic rings. The summed E-state index contributed by atoms with van der Waals surface area (Å²) in [5.41, 5.74) is 6.97. The smallest absolute Gasteiger partial charge is 0.276 e. The van der Waals surface area contributed by atoms with Crippen molar-refractivity contribution in [1.82, 2.24) is 20.6 Å². The summed E-state index contributed by atoms with van der Waals surface area (Å²) in [6, 6.07) is 0. The standard InChI is InChI=1S/C19H30N6OS/c1-6-16(13(2)20)27-14(3)24-18(26)15-9-23-17(10-22-15)25-8-7-21-11-19(4,5)12-25/h9-10,21H,3,6-8,11-12,20H2,1-2,4-5H3,(H,24,26)/b16-13-. The topological polar surface area (TPSA) is 96.2 Å². The molecule has 0 aromatic carbocycles. The number of aromatic nitrogens is 2. The van der Waals surface area contributed by atoms with E-state index in [-0.39, 0.29) is 17.0 Å². The molecule has 1 fully saturated rings. The van der Waals surface area contributed by atoms with Crippen LogP contribution in [0.2, 0.25) is 0 Å². The molecule has 0 bridgehead atoms. The van der Waals surface area contributed by atoms with E-state index in [1.807, 2.05) is 13.8 Å². The summed E-state index contributed by atoms with van der Waals surface area (Å²) in [7, 11) is 0. The third-order valence-corrected chi connectivity index (χ3v) is 5.44. The molecule has 1 aromatic rings. The number of thioether (sulfide) groups is 1. The maximum atomic E-state index is 12.4. The number of nitrogens with two attached hydrogens (primary N) is 1. The van der Waals surface area contributed by atoms with Crippen molar-refractivity contribution >= 4 is 23.5 Å². The molecule has 0 aliphatic carbocycles. The van der Waals surface area contributed by atoms with Gasteiger partial charge in [-0.3, -0.25) is 4.79 Å². The van der Waals surface area contributed by atoms with E-state index in [9.17, 15) is 4.79 Å². The minimum atomic E-state index is -0.324. The summed E-state index contributed by atoms with van der Waals surface area (Å²) in [6.45, 7) is 15.8. The number of amides is 1. The van der Waals surface area contributed by atoms with Crippen LogP contribution in [0.3, 0.4) is 0 Å². The Morgan fingerprint density at radius 1 is 1.44 bits per heavy atom. The number of rotatable bonds is 6. The third-order valence-electron chi connectivity index (χ3n) is 4.24. The molecule has 148 valence electrons. The van der Waals surface area contributed by atoms with Crippen molar-refractivity contribution in [2.75, 3.05) is 31.1 Å². The Morgan fingerprint density at radius 2 is 2.19 bits per heavy atom. The van der Waals surface area contributed by atoms with Crippen molar-refractivity contribution in [2.45, 2.75) is 34.1 Å². The molecule has 7 nitrogen and oxygen atoms in total. The molecule has 1 aromatic heterocycles. The highest BCUT2D eigenvalue weighted by Crippen LogP contribution is 2.26. The van der Waals surface area contributed by atoms with Crippen LogP contribution in [0.1, 0.15) is 44.6 Å². The summed E-state index contributed by atoms with van der Waals surface area (Å²) < 4.78 is 0. The van der Waals surface area contributed by atoms with Gasteiger partial charge in [0.2, 0.25) is 0 Å². The van der Waals surface area contributed by atoms with Crippen LogP contribution in [-0.4, -0.2) is 42.1 Å². The minimum absolute atomic E-state index is 0.148. The quantitative estimate of drug-likeness (QED) is 0.686. The van der Waals surface area contributed by atoms with Gasteiger partial charge in [0.05, 0.1) is 17.4 Å². The van der Waals surface area contributed by atoms with Crippen LogP contribution in [0.25, 0.3) is 0 Å². The molecular formula is C19H30N6OS. The average Bonchev–Trinajstić information content (AvgIpc) is 2.80. The SMILES string of the molecule is C=C(NC(=O)c1cnc(N2CCNCC(C)(C)C2)cn1)S/C(CC)=C(/C)N. The Morgan fingerprint density at radius 3 is 2.78 bits per heavy atom. The second-order valence-corrected chi connectivity index (χ2v) is 8.65. The maximum Gasteiger partial charge on any atom is 0.276 e. The van der Waals surface area contributed by atoms with E-state index in [0.29, 0.717) is 5.03 Å². The number of nitrogens with one attached hydrogen (secondary N) is 2. The first kappa shape index (κ1) is 21.2. The molecule has 0 atom stereocenters. The molecule has 0 unspecified atom stereocenters. The lowest BCUT2D eigenvalue weighted by Crippen LogP contribution is -2.35. The molecule has 0 spiro atoms. The van der Waals surface area contributed by atoms with Gasteiger partial charge >= 0.3 is 0 Å². The van der Waals surface area contributed by atoms with Gasteiger partial charge in [-0.1, -0.05) is 39.1 Å². The molecule has 1 saturated heterocycles. The number of nitrogens with zero attached hydrogens (tertiary/aromatic N) is 3. The van der Waals surface area contributed by atoms with E-state index in [1.54, 1.807) is 6.20 Å². The zero-order valence-corrected chi connectivity index (χ0v) is 17.4. The van der Waals surface area contributed by atoms with Crippen molar-refractivity contribution in [2.24, 2.45) is 11.1 Å². The molecule has 27 heavy (non-hydrogen) atoms. The van der Waals surface area contributed by atoms with E-state index >= 15 is 0 Å². The second-order valence-electron chi connectivity index (χ2n) is 7.46.